The summed E-state index contributed by atoms with van der Waals surface area (Å²) >= 11 is 1.53. The minimum atomic E-state index is -0.00740. The highest BCUT2D eigenvalue weighted by molar-refractivity contribution is 7.15. The average Bonchev–Trinajstić information content (AvgIpc) is 3.53. The second-order valence-corrected chi connectivity index (χ2v) is 9.17. The quantitative estimate of drug-likeness (QED) is 0.457. The highest BCUT2D eigenvalue weighted by atomic mass is 32.1. The summed E-state index contributed by atoms with van der Waals surface area (Å²) in [7, 11) is 0. The summed E-state index contributed by atoms with van der Waals surface area (Å²) < 4.78 is 2.11. The number of anilines is 2. The Morgan fingerprint density at radius 1 is 1.19 bits per heavy atom. The van der Waals surface area contributed by atoms with Crippen LogP contribution < -0.4 is 5.32 Å². The Kier molecular flexibility index (Phi) is 5.61. The number of nitrogens with one attached hydrogen (secondary N) is 1. The molecule has 5 rings (SSSR count). The lowest BCUT2D eigenvalue weighted by atomic mass is 10.1. The zero-order valence-corrected chi connectivity index (χ0v) is 19.1. The third kappa shape index (κ3) is 3.98. The largest absolute Gasteiger partial charge is 0.335 e. The van der Waals surface area contributed by atoms with Gasteiger partial charge in [-0.3, -0.25) is 4.79 Å². The van der Waals surface area contributed by atoms with E-state index in [1.54, 1.807) is 0 Å². The first kappa shape index (κ1) is 20.6. The van der Waals surface area contributed by atoms with E-state index in [4.69, 9.17) is 4.98 Å². The third-order valence-electron chi connectivity index (χ3n) is 6.00. The van der Waals surface area contributed by atoms with Gasteiger partial charge >= 0.3 is 0 Å². The van der Waals surface area contributed by atoms with Crippen molar-refractivity contribution in [2.24, 2.45) is 0 Å². The normalized spacial score (nSPS) is 16.1. The summed E-state index contributed by atoms with van der Waals surface area (Å²) in [6, 6.07) is 16.3. The van der Waals surface area contributed by atoms with Crippen LogP contribution in [0.2, 0.25) is 0 Å². The van der Waals surface area contributed by atoms with Gasteiger partial charge in [0, 0.05) is 17.8 Å². The number of carbonyl (C=O) groups is 1. The van der Waals surface area contributed by atoms with Gasteiger partial charge in [-0.1, -0.05) is 42.5 Å². The van der Waals surface area contributed by atoms with Crippen LogP contribution in [0, 0.1) is 6.92 Å². The van der Waals surface area contributed by atoms with Crippen LogP contribution in [-0.2, 0) is 17.8 Å². The molecule has 1 atom stereocenters. The van der Waals surface area contributed by atoms with Crippen LogP contribution in [0.1, 0.15) is 42.2 Å². The molecule has 164 valence electrons. The molecule has 1 fully saturated rings. The van der Waals surface area contributed by atoms with Crippen LogP contribution in [0.25, 0.3) is 10.9 Å². The van der Waals surface area contributed by atoms with Gasteiger partial charge in [-0.2, -0.15) is 0 Å². The predicted molar refractivity (Wildman–Crippen MR) is 127 cm³/mol. The van der Waals surface area contributed by atoms with E-state index in [2.05, 4.69) is 52.1 Å². The summed E-state index contributed by atoms with van der Waals surface area (Å²) in [4.78, 5) is 20.1. The van der Waals surface area contributed by atoms with Crippen LogP contribution in [0.15, 0.2) is 48.5 Å². The number of hydrogen-bond acceptors (Lipinski definition) is 6. The molecule has 1 N–H and O–H groups in total. The Hall–Kier alpha value is -3.26. The molecule has 0 radical (unpaired) electrons. The van der Waals surface area contributed by atoms with Crippen molar-refractivity contribution < 1.29 is 4.79 Å². The monoisotopic (exact) mass is 446 g/mol. The zero-order chi connectivity index (χ0) is 22.1. The van der Waals surface area contributed by atoms with E-state index in [0.29, 0.717) is 6.54 Å². The number of aryl methyl sites for hydroxylation is 2. The number of fused-ring (bicyclic) bond motifs is 1. The summed E-state index contributed by atoms with van der Waals surface area (Å²) in [5.74, 6) is 0.863. The lowest BCUT2D eigenvalue weighted by molar-refractivity contribution is -0.132. The van der Waals surface area contributed by atoms with E-state index >= 15 is 0 Å². The fourth-order valence-corrected chi connectivity index (χ4v) is 5.11. The molecule has 32 heavy (non-hydrogen) atoms. The molecule has 1 aliphatic heterocycles. The Labute approximate surface area is 191 Å². The number of carbonyl (C=O) groups excluding carboxylic acids is 1. The zero-order valence-electron chi connectivity index (χ0n) is 18.3. The molecule has 1 amide bonds. The summed E-state index contributed by atoms with van der Waals surface area (Å²) in [5.41, 5.74) is 3.11. The van der Waals surface area contributed by atoms with Gasteiger partial charge < -0.3 is 14.8 Å². The second-order valence-electron chi connectivity index (χ2n) is 8.10. The number of amides is 1. The van der Waals surface area contributed by atoms with Crippen LogP contribution in [0.3, 0.4) is 0 Å². The van der Waals surface area contributed by atoms with Crippen molar-refractivity contribution in [1.82, 2.24) is 24.6 Å². The Morgan fingerprint density at radius 2 is 2.06 bits per heavy atom. The van der Waals surface area contributed by atoms with Gasteiger partial charge in [-0.05, 0) is 55.8 Å². The van der Waals surface area contributed by atoms with E-state index in [9.17, 15) is 4.79 Å². The van der Waals surface area contributed by atoms with Gasteiger partial charge in [0.2, 0.25) is 11.0 Å². The number of pyridine rings is 1. The SMILES string of the molecule is CCc1nnc(Nc2cccc([C@@H]3CCCN3C(=O)Cn3c(C)cc4ccccc43)n2)s1. The van der Waals surface area contributed by atoms with Crippen molar-refractivity contribution in [2.45, 2.75) is 45.7 Å². The van der Waals surface area contributed by atoms with Crippen LogP contribution >= 0.6 is 11.3 Å². The maximum atomic E-state index is 13.3. The van der Waals surface area contributed by atoms with Gasteiger partial charge in [0.1, 0.15) is 17.4 Å². The van der Waals surface area contributed by atoms with Gasteiger partial charge in [0.05, 0.1) is 11.7 Å². The number of likely N-dealkylation sites (tertiary alicyclic amines) is 1. The van der Waals surface area contributed by atoms with Gasteiger partial charge in [0.15, 0.2) is 0 Å². The molecule has 0 unspecified atom stereocenters. The molecule has 4 heterocycles. The fraction of sp³-hybridized carbons (Fsp3) is 0.333. The van der Waals surface area contributed by atoms with Crippen LogP contribution in [-0.4, -0.2) is 37.1 Å². The van der Waals surface area contributed by atoms with Crippen molar-refractivity contribution in [2.75, 3.05) is 11.9 Å². The maximum absolute atomic E-state index is 13.3. The smallest absolute Gasteiger partial charge is 0.243 e. The molecule has 0 spiro atoms. The standard InChI is InChI=1S/C24H26N6OS/c1-3-22-27-28-24(32-22)26-21-12-6-9-18(25-21)20-11-7-13-29(20)23(31)15-30-16(2)14-17-8-4-5-10-19(17)30/h4-6,8-10,12,14,20H,3,7,11,13,15H2,1-2H3,(H,25,26,28)/t20-/m0/s1. The molecule has 1 saturated heterocycles. The van der Waals surface area contributed by atoms with Gasteiger partial charge in [0.25, 0.3) is 0 Å². The van der Waals surface area contributed by atoms with Crippen molar-refractivity contribution >= 4 is 39.1 Å². The summed E-state index contributed by atoms with van der Waals surface area (Å²) in [6.07, 6.45) is 2.77. The first-order valence-corrected chi connectivity index (χ1v) is 11.8. The molecular formula is C24H26N6OS. The van der Waals surface area contributed by atoms with E-state index in [1.165, 1.54) is 16.7 Å². The first-order valence-electron chi connectivity index (χ1n) is 11.0. The predicted octanol–water partition coefficient (Wildman–Crippen LogP) is 4.87. The van der Waals surface area contributed by atoms with E-state index in [0.717, 1.165) is 58.7 Å². The third-order valence-corrected chi connectivity index (χ3v) is 6.98. The molecule has 0 bridgehead atoms. The second kappa shape index (κ2) is 8.70. The minimum absolute atomic E-state index is 0.00740. The Bertz CT molecular complexity index is 1260. The molecule has 4 aromatic rings. The number of hydrogen-bond donors (Lipinski definition) is 1. The number of benzene rings is 1. The van der Waals surface area contributed by atoms with Crippen molar-refractivity contribution in [3.8, 4) is 0 Å². The summed E-state index contributed by atoms with van der Waals surface area (Å²) in [5, 5.41) is 14.5. The average molecular weight is 447 g/mol. The molecule has 0 aliphatic carbocycles. The van der Waals surface area contributed by atoms with E-state index < -0.39 is 0 Å². The number of nitrogens with zero attached hydrogens (tertiary/aromatic N) is 5. The molecular weight excluding hydrogens is 420 g/mol. The van der Waals surface area contributed by atoms with Crippen molar-refractivity contribution in [1.29, 1.82) is 0 Å². The fourth-order valence-electron chi connectivity index (χ4n) is 4.42. The van der Waals surface area contributed by atoms with E-state index in [-0.39, 0.29) is 11.9 Å². The van der Waals surface area contributed by atoms with Crippen molar-refractivity contribution in [3.63, 3.8) is 0 Å². The Balaban J connectivity index is 1.35. The molecule has 3 aromatic heterocycles. The highest BCUT2D eigenvalue weighted by Gasteiger charge is 2.31. The first-order chi connectivity index (χ1) is 15.6. The maximum Gasteiger partial charge on any atom is 0.243 e. The molecule has 1 aromatic carbocycles. The van der Waals surface area contributed by atoms with E-state index in [1.807, 2.05) is 35.2 Å². The number of para-hydroxylation sites is 1. The number of aromatic nitrogens is 4. The highest BCUT2D eigenvalue weighted by Crippen LogP contribution is 2.32. The molecule has 1 aliphatic rings. The van der Waals surface area contributed by atoms with Gasteiger partial charge in [-0.25, -0.2) is 4.98 Å². The number of rotatable bonds is 6. The topological polar surface area (TPSA) is 75.9 Å². The van der Waals surface area contributed by atoms with Gasteiger partial charge in [-0.15, -0.1) is 10.2 Å². The van der Waals surface area contributed by atoms with Crippen LogP contribution in [0.5, 0.6) is 0 Å². The Morgan fingerprint density at radius 3 is 2.91 bits per heavy atom. The van der Waals surface area contributed by atoms with Crippen molar-refractivity contribution in [3.05, 3.63) is 64.9 Å². The lowest BCUT2D eigenvalue weighted by Gasteiger charge is -2.25. The molecule has 0 saturated carbocycles. The molecule has 8 heteroatoms. The minimum Gasteiger partial charge on any atom is -0.335 e. The van der Waals surface area contributed by atoms with Crippen LogP contribution in [0.4, 0.5) is 10.9 Å². The summed E-state index contributed by atoms with van der Waals surface area (Å²) in [6.45, 7) is 5.23. The molecule has 7 nitrogen and oxygen atoms in total. The lowest BCUT2D eigenvalue weighted by Crippen LogP contribution is -2.34.